The Hall–Kier alpha value is -0.0400. The fourth-order valence-corrected chi connectivity index (χ4v) is 0.402. The molecule has 0 aromatic carbocycles. The van der Waals surface area contributed by atoms with Crippen LogP contribution in [0.2, 0.25) is 0 Å². The summed E-state index contributed by atoms with van der Waals surface area (Å²) in [5.74, 6) is 0. The molecule has 0 aliphatic rings. The van der Waals surface area contributed by atoms with Gasteiger partial charge in [-0.15, -0.1) is 0 Å². The highest BCUT2D eigenvalue weighted by Gasteiger charge is 1.93. The Morgan fingerprint density at radius 3 is 2.62 bits per heavy atom. The van der Waals surface area contributed by atoms with Gasteiger partial charge in [-0.1, -0.05) is 13.8 Å². The van der Waals surface area contributed by atoms with Gasteiger partial charge in [-0.3, -0.25) is 0 Å². The van der Waals surface area contributed by atoms with Crippen molar-refractivity contribution >= 4 is 0 Å². The van der Waals surface area contributed by atoms with Gasteiger partial charge in [0, 0.05) is 6.61 Å². The van der Waals surface area contributed by atoms with E-state index in [1.165, 1.54) is 0 Å². The summed E-state index contributed by atoms with van der Waals surface area (Å²) in [6, 6.07) is 0. The summed E-state index contributed by atoms with van der Waals surface area (Å²) in [7, 11) is 0. The van der Waals surface area contributed by atoms with E-state index < -0.39 is 0 Å². The Morgan fingerprint density at radius 2 is 2.25 bits per heavy atom. The van der Waals surface area contributed by atoms with E-state index in [-0.39, 0.29) is 0 Å². The molecule has 0 aromatic heterocycles. The molecule has 0 N–H and O–H groups in total. The zero-order valence-electron chi connectivity index (χ0n) is 5.81. The van der Waals surface area contributed by atoms with Crippen molar-refractivity contribution in [2.45, 2.75) is 32.8 Å². The van der Waals surface area contributed by atoms with E-state index in [0.717, 1.165) is 19.4 Å². The van der Waals surface area contributed by atoms with Crippen LogP contribution in [0.1, 0.15) is 26.7 Å². The minimum Gasteiger partial charge on any atom is -0.379 e. The summed E-state index contributed by atoms with van der Waals surface area (Å²) in [5.41, 5.74) is 0. The van der Waals surface area contributed by atoms with Gasteiger partial charge in [0.25, 0.3) is 0 Å². The van der Waals surface area contributed by atoms with Crippen LogP contribution < -0.4 is 0 Å². The van der Waals surface area contributed by atoms with Crippen LogP contribution in [0.4, 0.5) is 0 Å². The lowest BCUT2D eigenvalue weighted by Crippen LogP contribution is -2.06. The fourth-order valence-electron chi connectivity index (χ4n) is 0.402. The molecular formula is C7H15O. The van der Waals surface area contributed by atoms with Gasteiger partial charge >= 0.3 is 0 Å². The smallest absolute Gasteiger partial charge is 0.0547 e. The van der Waals surface area contributed by atoms with E-state index in [0.29, 0.717) is 6.10 Å². The molecule has 1 radical (unpaired) electrons. The highest BCUT2D eigenvalue weighted by Crippen LogP contribution is 1.94. The zero-order chi connectivity index (χ0) is 6.41. The molecular weight excluding hydrogens is 100 g/mol. The molecule has 0 bridgehead atoms. The second-order valence-electron chi connectivity index (χ2n) is 1.97. The Morgan fingerprint density at radius 1 is 1.62 bits per heavy atom. The first-order valence-electron chi connectivity index (χ1n) is 3.22. The van der Waals surface area contributed by atoms with Crippen molar-refractivity contribution < 1.29 is 4.74 Å². The lowest BCUT2D eigenvalue weighted by atomic mass is 10.3. The molecule has 0 fully saturated rings. The van der Waals surface area contributed by atoms with Crippen LogP contribution in [0.5, 0.6) is 0 Å². The SMILES string of the molecule is [CH2]CC(C)OCCC. The Bertz CT molecular complexity index is 43.7. The van der Waals surface area contributed by atoms with Crippen molar-refractivity contribution in [3.8, 4) is 0 Å². The Labute approximate surface area is 52.0 Å². The molecule has 1 heteroatoms. The number of ether oxygens (including phenoxy) is 1. The van der Waals surface area contributed by atoms with Crippen molar-refractivity contribution in [3.05, 3.63) is 6.92 Å². The van der Waals surface area contributed by atoms with Crippen LogP contribution in [0.3, 0.4) is 0 Å². The van der Waals surface area contributed by atoms with Gasteiger partial charge in [0.1, 0.15) is 0 Å². The molecule has 0 heterocycles. The second-order valence-corrected chi connectivity index (χ2v) is 1.97. The molecule has 1 atom stereocenters. The average molecular weight is 115 g/mol. The second kappa shape index (κ2) is 5.10. The standard InChI is InChI=1S/C7H15O/c1-4-6-8-7(3)5-2/h7H,2,4-6H2,1,3H3. The maximum absolute atomic E-state index is 5.28. The monoisotopic (exact) mass is 115 g/mol. The molecule has 0 saturated heterocycles. The van der Waals surface area contributed by atoms with E-state index >= 15 is 0 Å². The summed E-state index contributed by atoms with van der Waals surface area (Å²) in [6.07, 6.45) is 2.32. The van der Waals surface area contributed by atoms with Crippen molar-refractivity contribution in [2.24, 2.45) is 0 Å². The lowest BCUT2D eigenvalue weighted by molar-refractivity contribution is 0.0683. The van der Waals surface area contributed by atoms with Gasteiger partial charge in [-0.05, 0) is 19.8 Å². The average Bonchev–Trinajstić information content (AvgIpc) is 1.83. The van der Waals surface area contributed by atoms with Crippen molar-refractivity contribution in [1.82, 2.24) is 0 Å². The van der Waals surface area contributed by atoms with Crippen LogP contribution in [-0.4, -0.2) is 12.7 Å². The number of rotatable bonds is 4. The first-order valence-corrected chi connectivity index (χ1v) is 3.22. The Kier molecular flexibility index (Phi) is 5.08. The van der Waals surface area contributed by atoms with E-state index in [4.69, 9.17) is 4.74 Å². The van der Waals surface area contributed by atoms with Gasteiger partial charge in [-0.2, -0.15) is 0 Å². The minimum absolute atomic E-state index is 0.343. The fraction of sp³-hybridized carbons (Fsp3) is 0.857. The number of hydrogen-bond donors (Lipinski definition) is 0. The van der Waals surface area contributed by atoms with Crippen molar-refractivity contribution in [1.29, 1.82) is 0 Å². The molecule has 0 aliphatic carbocycles. The van der Waals surface area contributed by atoms with Crippen molar-refractivity contribution in [3.63, 3.8) is 0 Å². The normalized spacial score (nSPS) is 13.9. The van der Waals surface area contributed by atoms with Crippen LogP contribution in [0, 0.1) is 6.92 Å². The Balaban J connectivity index is 2.86. The molecule has 0 amide bonds. The third-order valence-electron chi connectivity index (χ3n) is 1.01. The molecule has 0 spiro atoms. The van der Waals surface area contributed by atoms with Crippen LogP contribution in [-0.2, 0) is 4.74 Å². The highest BCUT2D eigenvalue weighted by atomic mass is 16.5. The molecule has 8 heavy (non-hydrogen) atoms. The quantitative estimate of drug-likeness (QED) is 0.544. The topological polar surface area (TPSA) is 9.23 Å². The predicted octanol–water partition coefficient (Wildman–Crippen LogP) is 2.03. The van der Waals surface area contributed by atoms with E-state index in [9.17, 15) is 0 Å². The third kappa shape index (κ3) is 4.13. The predicted molar refractivity (Wildman–Crippen MR) is 35.7 cm³/mol. The highest BCUT2D eigenvalue weighted by molar-refractivity contribution is 4.49. The van der Waals surface area contributed by atoms with Gasteiger partial charge < -0.3 is 4.74 Å². The molecule has 49 valence electrons. The molecule has 1 nitrogen and oxygen atoms in total. The maximum atomic E-state index is 5.28. The lowest BCUT2D eigenvalue weighted by Gasteiger charge is -2.07. The summed E-state index contributed by atoms with van der Waals surface area (Å²) < 4.78 is 5.28. The minimum atomic E-state index is 0.343. The zero-order valence-corrected chi connectivity index (χ0v) is 5.81. The van der Waals surface area contributed by atoms with Gasteiger partial charge in [0.2, 0.25) is 0 Å². The van der Waals surface area contributed by atoms with Crippen LogP contribution in [0.15, 0.2) is 0 Å². The first-order chi connectivity index (χ1) is 3.81. The summed E-state index contributed by atoms with van der Waals surface area (Å²) in [5, 5.41) is 0. The number of hydrogen-bond acceptors (Lipinski definition) is 1. The van der Waals surface area contributed by atoms with Gasteiger partial charge in [0.05, 0.1) is 6.10 Å². The molecule has 0 aromatic rings. The van der Waals surface area contributed by atoms with Crippen LogP contribution in [0.25, 0.3) is 0 Å². The van der Waals surface area contributed by atoms with E-state index in [1.54, 1.807) is 0 Å². The summed E-state index contributed by atoms with van der Waals surface area (Å²) >= 11 is 0. The van der Waals surface area contributed by atoms with Crippen LogP contribution >= 0.6 is 0 Å². The van der Waals surface area contributed by atoms with E-state index in [1.807, 2.05) is 6.92 Å². The largest absolute Gasteiger partial charge is 0.379 e. The van der Waals surface area contributed by atoms with Crippen molar-refractivity contribution in [2.75, 3.05) is 6.61 Å². The molecule has 0 saturated carbocycles. The summed E-state index contributed by atoms with van der Waals surface area (Å²) in [4.78, 5) is 0. The van der Waals surface area contributed by atoms with Gasteiger partial charge in [0.15, 0.2) is 0 Å². The summed E-state index contributed by atoms with van der Waals surface area (Å²) in [6.45, 7) is 8.74. The molecule has 0 aliphatic heterocycles. The van der Waals surface area contributed by atoms with Gasteiger partial charge in [-0.25, -0.2) is 0 Å². The molecule has 1 unspecified atom stereocenters. The van der Waals surface area contributed by atoms with E-state index in [2.05, 4.69) is 13.8 Å². The molecule has 0 rings (SSSR count). The maximum Gasteiger partial charge on any atom is 0.0547 e. The third-order valence-corrected chi connectivity index (χ3v) is 1.01. The first kappa shape index (κ1) is 7.96.